The number of H-pyrrole nitrogens is 1. The highest BCUT2D eigenvalue weighted by molar-refractivity contribution is 6.21. The van der Waals surface area contributed by atoms with Crippen LogP contribution in [0.4, 0.5) is 0 Å². The van der Waals surface area contributed by atoms with E-state index in [1.165, 1.54) is 0 Å². The summed E-state index contributed by atoms with van der Waals surface area (Å²) in [4.78, 5) is 37.2. The van der Waals surface area contributed by atoms with E-state index in [4.69, 9.17) is 5.73 Å². The van der Waals surface area contributed by atoms with Gasteiger partial charge in [0.2, 0.25) is 0 Å². The second-order valence-electron chi connectivity index (χ2n) is 9.16. The minimum Gasteiger partial charge on any atom is -0.366 e. The summed E-state index contributed by atoms with van der Waals surface area (Å²) in [5, 5.41) is 3.97. The van der Waals surface area contributed by atoms with Crippen molar-refractivity contribution in [3.63, 3.8) is 0 Å². The largest absolute Gasteiger partial charge is 0.366 e. The fourth-order valence-electron chi connectivity index (χ4n) is 5.12. The number of nitrogens with zero attached hydrogens (tertiary/aromatic N) is 3. The van der Waals surface area contributed by atoms with Gasteiger partial charge in [-0.2, -0.15) is 0 Å². The molecule has 0 radical (unpaired) electrons. The molecule has 3 N–H and O–H groups in total. The van der Waals surface area contributed by atoms with Gasteiger partial charge in [-0.05, 0) is 47.8 Å². The van der Waals surface area contributed by atoms with Crippen LogP contribution in [0.2, 0.25) is 0 Å². The number of carbonyl (C=O) groups excluding carboxylic acids is 2. The molecule has 1 fully saturated rings. The molecule has 0 atom stereocenters. The summed E-state index contributed by atoms with van der Waals surface area (Å²) in [6, 6.07) is 17.6. The number of pyridine rings is 1. The van der Waals surface area contributed by atoms with Crippen molar-refractivity contribution in [2.45, 2.75) is 0 Å². The number of hydrogen-bond donors (Lipinski definition) is 2. The topological polar surface area (TPSA) is 95.3 Å². The number of rotatable bonds is 3. The first-order valence-electron chi connectivity index (χ1n) is 11.7. The average molecular weight is 464 g/mol. The number of piperazine rings is 1. The molecule has 35 heavy (non-hydrogen) atoms. The number of benzene rings is 3. The third-order valence-electron chi connectivity index (χ3n) is 7.03. The molecule has 0 bridgehead atoms. The summed E-state index contributed by atoms with van der Waals surface area (Å²) >= 11 is 0. The Morgan fingerprint density at radius 1 is 0.943 bits per heavy atom. The van der Waals surface area contributed by atoms with Crippen molar-refractivity contribution in [3.8, 4) is 11.1 Å². The van der Waals surface area contributed by atoms with Gasteiger partial charge in [0.15, 0.2) is 0 Å². The SMILES string of the molecule is CN1CCN(C(=O)c2ccc3c(c2)[nH]c2c(C(N)=O)ccc(-c4cccc5cnccc45)c23)CC1. The lowest BCUT2D eigenvalue weighted by atomic mass is 9.93. The number of nitrogens with one attached hydrogen (secondary N) is 1. The molecule has 0 spiro atoms. The standard InChI is InChI=1S/C28H25N5O2/c1-32-11-13-33(14-12-32)28(35)17-5-6-22-24(15-17)31-26-23(27(29)34)8-7-21(25(22)26)20-4-2-3-18-16-30-10-9-19(18)20/h2-10,15-16,31H,11-14H2,1H3,(H2,29,34). The average Bonchev–Trinajstić information content (AvgIpc) is 3.26. The van der Waals surface area contributed by atoms with Crippen molar-refractivity contribution in [1.29, 1.82) is 0 Å². The molecule has 6 rings (SSSR count). The van der Waals surface area contributed by atoms with Gasteiger partial charge in [-0.3, -0.25) is 14.6 Å². The maximum absolute atomic E-state index is 13.2. The van der Waals surface area contributed by atoms with E-state index in [1.807, 2.05) is 53.6 Å². The number of aromatic amines is 1. The number of likely N-dealkylation sites (N-methyl/N-ethyl adjacent to an activating group) is 1. The molecule has 0 unspecified atom stereocenters. The molecular weight excluding hydrogens is 438 g/mol. The quantitative estimate of drug-likeness (QED) is 0.422. The predicted molar refractivity (Wildman–Crippen MR) is 138 cm³/mol. The summed E-state index contributed by atoms with van der Waals surface area (Å²) in [5.74, 6) is -0.473. The number of fused-ring (bicyclic) bond motifs is 4. The zero-order valence-electron chi connectivity index (χ0n) is 19.4. The van der Waals surface area contributed by atoms with Gasteiger partial charge in [0.25, 0.3) is 11.8 Å². The van der Waals surface area contributed by atoms with Crippen LogP contribution in [0.5, 0.6) is 0 Å². The molecule has 5 aromatic rings. The van der Waals surface area contributed by atoms with Crippen LogP contribution >= 0.6 is 0 Å². The Balaban J connectivity index is 1.55. The first kappa shape index (κ1) is 21.3. The molecule has 7 heteroatoms. The minimum absolute atomic E-state index is 0.0237. The van der Waals surface area contributed by atoms with Crippen molar-refractivity contribution in [2.24, 2.45) is 5.73 Å². The lowest BCUT2D eigenvalue weighted by molar-refractivity contribution is 0.0664. The highest BCUT2D eigenvalue weighted by Crippen LogP contribution is 2.39. The number of aromatic nitrogens is 2. The minimum atomic E-state index is -0.496. The maximum atomic E-state index is 13.2. The van der Waals surface area contributed by atoms with Crippen molar-refractivity contribution < 1.29 is 9.59 Å². The number of nitrogens with two attached hydrogens (primary N) is 1. The zero-order valence-corrected chi connectivity index (χ0v) is 19.4. The van der Waals surface area contributed by atoms with Crippen LogP contribution in [0.1, 0.15) is 20.7 Å². The van der Waals surface area contributed by atoms with E-state index in [2.05, 4.69) is 28.0 Å². The fraction of sp³-hybridized carbons (Fsp3) is 0.179. The molecule has 1 aliphatic rings. The Bertz CT molecular complexity index is 1620. The molecule has 174 valence electrons. The molecule has 0 aliphatic carbocycles. The lowest BCUT2D eigenvalue weighted by Gasteiger charge is -2.32. The summed E-state index contributed by atoms with van der Waals surface area (Å²) in [6.45, 7) is 3.16. The number of amides is 2. The van der Waals surface area contributed by atoms with Gasteiger partial charge in [0, 0.05) is 65.8 Å². The predicted octanol–water partition coefficient (Wildman–Crippen LogP) is 4.02. The van der Waals surface area contributed by atoms with Gasteiger partial charge in [-0.1, -0.05) is 30.3 Å². The van der Waals surface area contributed by atoms with E-state index < -0.39 is 5.91 Å². The molecule has 1 aliphatic heterocycles. The van der Waals surface area contributed by atoms with Gasteiger partial charge in [0.1, 0.15) is 0 Å². The summed E-state index contributed by atoms with van der Waals surface area (Å²) in [6.07, 6.45) is 3.63. The van der Waals surface area contributed by atoms with Crippen LogP contribution in [0.15, 0.2) is 67.0 Å². The van der Waals surface area contributed by atoms with Crippen LogP contribution in [0, 0.1) is 0 Å². The third-order valence-corrected chi connectivity index (χ3v) is 7.03. The lowest BCUT2D eigenvalue weighted by Crippen LogP contribution is -2.47. The Morgan fingerprint density at radius 3 is 2.57 bits per heavy atom. The Hall–Kier alpha value is -4.23. The van der Waals surface area contributed by atoms with E-state index in [1.54, 1.807) is 12.3 Å². The van der Waals surface area contributed by atoms with Gasteiger partial charge < -0.3 is 20.5 Å². The molecule has 3 aromatic carbocycles. The monoisotopic (exact) mass is 463 g/mol. The second-order valence-corrected chi connectivity index (χ2v) is 9.16. The van der Waals surface area contributed by atoms with E-state index in [9.17, 15) is 9.59 Å². The Morgan fingerprint density at radius 2 is 1.77 bits per heavy atom. The molecule has 0 saturated carbocycles. The number of primary amides is 1. The van der Waals surface area contributed by atoms with Crippen LogP contribution in [0.25, 0.3) is 43.7 Å². The van der Waals surface area contributed by atoms with Gasteiger partial charge in [-0.15, -0.1) is 0 Å². The highest BCUT2D eigenvalue weighted by atomic mass is 16.2. The van der Waals surface area contributed by atoms with E-state index in [-0.39, 0.29) is 5.91 Å². The normalized spacial score (nSPS) is 14.7. The van der Waals surface area contributed by atoms with E-state index >= 15 is 0 Å². The third kappa shape index (κ3) is 3.52. The van der Waals surface area contributed by atoms with E-state index in [0.29, 0.717) is 29.7 Å². The maximum Gasteiger partial charge on any atom is 0.254 e. The molecule has 7 nitrogen and oxygen atoms in total. The summed E-state index contributed by atoms with van der Waals surface area (Å²) < 4.78 is 0. The van der Waals surface area contributed by atoms with Crippen molar-refractivity contribution in [3.05, 3.63) is 78.1 Å². The van der Waals surface area contributed by atoms with Crippen LogP contribution in [-0.4, -0.2) is 64.8 Å². The van der Waals surface area contributed by atoms with Crippen LogP contribution in [-0.2, 0) is 0 Å². The van der Waals surface area contributed by atoms with E-state index in [0.717, 1.165) is 51.3 Å². The van der Waals surface area contributed by atoms with Gasteiger partial charge in [-0.25, -0.2) is 0 Å². The first-order chi connectivity index (χ1) is 17.0. The van der Waals surface area contributed by atoms with Crippen LogP contribution in [0.3, 0.4) is 0 Å². The Labute approximate surface area is 202 Å². The van der Waals surface area contributed by atoms with Crippen molar-refractivity contribution >= 4 is 44.4 Å². The Kier molecular flexibility index (Phi) is 5.00. The summed E-state index contributed by atoms with van der Waals surface area (Å²) in [7, 11) is 2.07. The fourth-order valence-corrected chi connectivity index (χ4v) is 5.12. The number of hydrogen-bond acceptors (Lipinski definition) is 4. The molecule has 1 saturated heterocycles. The molecule has 2 amide bonds. The first-order valence-corrected chi connectivity index (χ1v) is 11.7. The summed E-state index contributed by atoms with van der Waals surface area (Å²) in [5.41, 5.74) is 10.3. The highest BCUT2D eigenvalue weighted by Gasteiger charge is 2.22. The molecule has 2 aromatic heterocycles. The zero-order chi connectivity index (χ0) is 24.1. The molecular formula is C28H25N5O2. The molecule has 3 heterocycles. The number of carbonyl (C=O) groups is 2. The van der Waals surface area contributed by atoms with Crippen LogP contribution < -0.4 is 5.73 Å². The van der Waals surface area contributed by atoms with Crippen molar-refractivity contribution in [2.75, 3.05) is 33.2 Å². The van der Waals surface area contributed by atoms with Gasteiger partial charge >= 0.3 is 0 Å². The smallest absolute Gasteiger partial charge is 0.254 e. The second kappa shape index (κ2) is 8.21. The van der Waals surface area contributed by atoms with Crippen molar-refractivity contribution in [1.82, 2.24) is 19.8 Å². The van der Waals surface area contributed by atoms with Gasteiger partial charge in [0.05, 0.1) is 11.1 Å².